The third-order valence-corrected chi connectivity index (χ3v) is 5.40. The van der Waals surface area contributed by atoms with Gasteiger partial charge in [0.05, 0.1) is 42.7 Å². The molecule has 1 amide bonds. The number of carbonyl (C=O) groups is 1. The fourth-order valence-corrected chi connectivity index (χ4v) is 3.59. The van der Waals surface area contributed by atoms with Crippen LogP contribution in [0.1, 0.15) is 12.8 Å². The first kappa shape index (κ1) is 17.5. The Morgan fingerprint density at radius 2 is 2.08 bits per heavy atom. The largest absolute Gasteiger partial charge is 0.442 e. The summed E-state index contributed by atoms with van der Waals surface area (Å²) in [6.07, 6.45) is 1.53. The van der Waals surface area contributed by atoms with E-state index in [0.29, 0.717) is 56.7 Å². The zero-order valence-electron chi connectivity index (χ0n) is 14.4. The number of rotatable bonds is 5. The van der Waals surface area contributed by atoms with Crippen molar-refractivity contribution < 1.29 is 18.7 Å². The number of anilines is 2. The van der Waals surface area contributed by atoms with Crippen molar-refractivity contribution in [2.45, 2.75) is 18.9 Å². The van der Waals surface area contributed by atoms with Gasteiger partial charge >= 0.3 is 6.09 Å². The summed E-state index contributed by atoms with van der Waals surface area (Å²) in [7, 11) is 0. The van der Waals surface area contributed by atoms with E-state index in [1.165, 1.54) is 11.0 Å². The highest BCUT2D eigenvalue weighted by Crippen LogP contribution is 2.30. The molecule has 3 fully saturated rings. The fourth-order valence-electron chi connectivity index (χ4n) is 3.27. The van der Waals surface area contributed by atoms with Crippen molar-refractivity contribution in [1.82, 2.24) is 5.32 Å². The summed E-state index contributed by atoms with van der Waals surface area (Å²) in [5.41, 5.74) is 1.05. The number of morpholine rings is 1. The minimum absolute atomic E-state index is 0.291. The molecule has 3 aliphatic rings. The number of hydrogen-bond acceptors (Lipinski definition) is 5. The molecule has 1 saturated carbocycles. The van der Waals surface area contributed by atoms with Gasteiger partial charge < -0.3 is 19.7 Å². The number of thiocarbonyl (C=S) groups is 1. The molecule has 26 heavy (non-hydrogen) atoms. The van der Waals surface area contributed by atoms with Crippen LogP contribution in [0.2, 0.25) is 0 Å². The molecule has 1 aromatic rings. The van der Waals surface area contributed by atoms with Crippen molar-refractivity contribution in [2.24, 2.45) is 5.92 Å². The lowest BCUT2D eigenvalue weighted by molar-refractivity contribution is 0.122. The van der Waals surface area contributed by atoms with Crippen molar-refractivity contribution in [3.63, 3.8) is 0 Å². The Bertz CT molecular complexity index is 707. The van der Waals surface area contributed by atoms with Gasteiger partial charge in [0.2, 0.25) is 0 Å². The van der Waals surface area contributed by atoms with Crippen molar-refractivity contribution in [2.75, 3.05) is 49.2 Å². The average Bonchev–Trinajstić information content (AvgIpc) is 3.43. The lowest BCUT2D eigenvalue weighted by atomic mass is 10.2. The van der Waals surface area contributed by atoms with Crippen LogP contribution in [0.3, 0.4) is 0 Å². The first-order valence-electron chi connectivity index (χ1n) is 9.00. The van der Waals surface area contributed by atoms with E-state index >= 15 is 0 Å². The Morgan fingerprint density at radius 3 is 2.77 bits per heavy atom. The molecule has 8 heteroatoms. The molecule has 2 saturated heterocycles. The van der Waals surface area contributed by atoms with E-state index in [0.717, 1.165) is 17.8 Å². The zero-order chi connectivity index (χ0) is 18.1. The van der Waals surface area contributed by atoms with Crippen LogP contribution >= 0.6 is 12.2 Å². The van der Waals surface area contributed by atoms with Crippen molar-refractivity contribution in [1.29, 1.82) is 0 Å². The molecule has 2 heterocycles. The number of hydrogen-bond donors (Lipinski definition) is 1. The Morgan fingerprint density at radius 1 is 1.31 bits per heavy atom. The van der Waals surface area contributed by atoms with E-state index in [4.69, 9.17) is 21.7 Å². The van der Waals surface area contributed by atoms with Crippen molar-refractivity contribution >= 4 is 34.7 Å². The molecule has 0 spiro atoms. The number of cyclic esters (lactones) is 1. The van der Waals surface area contributed by atoms with Crippen LogP contribution in [0.15, 0.2) is 18.2 Å². The maximum absolute atomic E-state index is 14.6. The molecular weight excluding hydrogens is 357 g/mol. The number of nitrogens with zero attached hydrogens (tertiary/aromatic N) is 2. The quantitative estimate of drug-likeness (QED) is 0.793. The molecule has 1 atom stereocenters. The second-order valence-corrected chi connectivity index (χ2v) is 7.31. The molecule has 0 bridgehead atoms. The zero-order valence-corrected chi connectivity index (χ0v) is 15.3. The van der Waals surface area contributed by atoms with Crippen molar-refractivity contribution in [3.8, 4) is 0 Å². The van der Waals surface area contributed by atoms with E-state index in [9.17, 15) is 9.18 Å². The van der Waals surface area contributed by atoms with Gasteiger partial charge in [-0.2, -0.15) is 0 Å². The van der Waals surface area contributed by atoms with E-state index in [1.54, 1.807) is 12.1 Å². The molecule has 1 unspecified atom stereocenters. The topological polar surface area (TPSA) is 54.0 Å². The minimum Gasteiger partial charge on any atom is -0.442 e. The lowest BCUT2D eigenvalue weighted by Crippen LogP contribution is -2.37. The molecule has 1 N–H and O–H groups in total. The number of carbonyl (C=O) groups excluding carboxylic acids is 1. The van der Waals surface area contributed by atoms with E-state index in [2.05, 4.69) is 5.32 Å². The number of benzene rings is 1. The molecule has 4 rings (SSSR count). The van der Waals surface area contributed by atoms with Crippen molar-refractivity contribution in [3.05, 3.63) is 24.0 Å². The summed E-state index contributed by atoms with van der Waals surface area (Å²) in [5.74, 6) is 0.147. The number of halogens is 1. The predicted octanol–water partition coefficient (Wildman–Crippen LogP) is 2.31. The van der Waals surface area contributed by atoms with Crippen LogP contribution in [-0.4, -0.2) is 56.6 Å². The third-order valence-electron chi connectivity index (χ3n) is 4.92. The molecule has 0 aromatic heterocycles. The molecule has 1 aliphatic carbocycles. The predicted molar refractivity (Wildman–Crippen MR) is 100 cm³/mol. The Hall–Kier alpha value is -1.93. The Kier molecular flexibility index (Phi) is 4.95. The molecule has 6 nitrogen and oxygen atoms in total. The SMILES string of the molecule is O=C1OC(CNC(=S)C2CC2)CN1c1ccc(N2CCOCC2)c(F)c1. The number of amides is 1. The molecule has 0 radical (unpaired) electrons. The van der Waals surface area contributed by atoms with Crippen LogP contribution < -0.4 is 15.1 Å². The molecule has 2 aliphatic heterocycles. The Balaban J connectivity index is 1.39. The highest BCUT2D eigenvalue weighted by Gasteiger charge is 2.34. The van der Waals surface area contributed by atoms with Gasteiger partial charge in [-0.15, -0.1) is 0 Å². The monoisotopic (exact) mass is 379 g/mol. The minimum atomic E-state index is -0.451. The highest BCUT2D eigenvalue weighted by atomic mass is 32.1. The first-order valence-corrected chi connectivity index (χ1v) is 9.41. The number of ether oxygens (including phenoxy) is 2. The highest BCUT2D eigenvalue weighted by molar-refractivity contribution is 7.80. The second kappa shape index (κ2) is 7.36. The third kappa shape index (κ3) is 3.76. The first-order chi connectivity index (χ1) is 12.6. The molecule has 140 valence electrons. The lowest BCUT2D eigenvalue weighted by Gasteiger charge is -2.29. The van der Waals surface area contributed by atoms with Gasteiger partial charge in [-0.1, -0.05) is 12.2 Å². The average molecular weight is 379 g/mol. The number of nitrogens with one attached hydrogen (secondary N) is 1. The van der Waals surface area contributed by atoms with Crippen LogP contribution in [-0.2, 0) is 9.47 Å². The maximum atomic E-state index is 14.6. The smallest absolute Gasteiger partial charge is 0.414 e. The maximum Gasteiger partial charge on any atom is 0.414 e. The summed E-state index contributed by atoms with van der Waals surface area (Å²) in [5, 5.41) is 3.18. The van der Waals surface area contributed by atoms with Gasteiger partial charge in [-0.05, 0) is 31.0 Å². The summed E-state index contributed by atoms with van der Waals surface area (Å²) < 4.78 is 25.3. The summed E-state index contributed by atoms with van der Waals surface area (Å²) in [6.45, 7) is 3.39. The van der Waals surface area contributed by atoms with Gasteiger partial charge in [0.1, 0.15) is 11.9 Å². The van der Waals surface area contributed by atoms with Crippen LogP contribution in [0.5, 0.6) is 0 Å². The summed E-state index contributed by atoms with van der Waals surface area (Å²) in [6, 6.07) is 4.88. The van der Waals surface area contributed by atoms with E-state index < -0.39 is 6.09 Å². The standard InChI is InChI=1S/C18H22FN3O3S/c19-15-9-13(3-4-16(15)21-5-7-24-8-6-21)22-11-14(25-18(22)23)10-20-17(26)12-1-2-12/h3-4,9,12,14H,1-2,5-8,10-11H2,(H,20,26). The van der Waals surface area contributed by atoms with Gasteiger partial charge in [0.25, 0.3) is 0 Å². The van der Waals surface area contributed by atoms with E-state index in [1.807, 2.05) is 4.90 Å². The second-order valence-electron chi connectivity index (χ2n) is 6.87. The summed E-state index contributed by atoms with van der Waals surface area (Å²) in [4.78, 5) is 16.4. The molecule has 1 aromatic carbocycles. The fraction of sp³-hybridized carbons (Fsp3) is 0.556. The summed E-state index contributed by atoms with van der Waals surface area (Å²) >= 11 is 5.29. The van der Waals surface area contributed by atoms with Crippen LogP contribution in [0.25, 0.3) is 0 Å². The normalized spacial score (nSPS) is 23.1. The molecular formula is C18H22FN3O3S. The van der Waals surface area contributed by atoms with Gasteiger partial charge in [-0.3, -0.25) is 4.90 Å². The van der Waals surface area contributed by atoms with Gasteiger partial charge in [0, 0.05) is 19.0 Å². The van der Waals surface area contributed by atoms with Crippen LogP contribution in [0, 0.1) is 11.7 Å². The van der Waals surface area contributed by atoms with Gasteiger partial charge in [-0.25, -0.2) is 9.18 Å². The Labute approximate surface area is 157 Å². The van der Waals surface area contributed by atoms with E-state index in [-0.39, 0.29) is 11.9 Å². The van der Waals surface area contributed by atoms with Gasteiger partial charge in [0.15, 0.2) is 0 Å². The van der Waals surface area contributed by atoms with Crippen LogP contribution in [0.4, 0.5) is 20.6 Å².